The van der Waals surface area contributed by atoms with Crippen molar-refractivity contribution in [2.45, 2.75) is 26.0 Å². The Labute approximate surface area is 110 Å². The van der Waals surface area contributed by atoms with Gasteiger partial charge in [-0.2, -0.15) is 4.98 Å². The Morgan fingerprint density at radius 1 is 1.50 bits per heavy atom. The van der Waals surface area contributed by atoms with Crippen molar-refractivity contribution in [3.63, 3.8) is 0 Å². The summed E-state index contributed by atoms with van der Waals surface area (Å²) >= 11 is 6.15. The molecule has 0 aliphatic carbocycles. The van der Waals surface area contributed by atoms with E-state index < -0.39 is 0 Å². The molecule has 0 radical (unpaired) electrons. The van der Waals surface area contributed by atoms with Gasteiger partial charge in [0.05, 0.1) is 0 Å². The highest BCUT2D eigenvalue weighted by molar-refractivity contribution is 6.31. The Morgan fingerprint density at radius 3 is 3.00 bits per heavy atom. The van der Waals surface area contributed by atoms with E-state index in [4.69, 9.17) is 22.1 Å². The van der Waals surface area contributed by atoms with Crippen LogP contribution in [0.15, 0.2) is 29.1 Å². The number of hydrogen-bond donors (Lipinski definition) is 1. The average Bonchev–Trinajstić information content (AvgIpc) is 2.82. The van der Waals surface area contributed by atoms with Crippen LogP contribution in [0.2, 0.25) is 5.02 Å². The summed E-state index contributed by atoms with van der Waals surface area (Å²) in [5, 5.41) is 4.33. The predicted molar refractivity (Wildman–Crippen MR) is 67.4 cm³/mol. The molecule has 96 valence electrons. The van der Waals surface area contributed by atoms with Crippen LogP contribution in [0.1, 0.15) is 18.3 Å². The molecule has 6 heteroatoms. The Morgan fingerprint density at radius 2 is 2.33 bits per heavy atom. The monoisotopic (exact) mass is 267 g/mol. The van der Waals surface area contributed by atoms with E-state index in [2.05, 4.69) is 14.7 Å². The molecule has 0 spiro atoms. The molecule has 1 unspecified atom stereocenters. The van der Waals surface area contributed by atoms with Gasteiger partial charge in [0.2, 0.25) is 12.2 Å². The zero-order chi connectivity index (χ0) is 13.0. The first-order chi connectivity index (χ1) is 8.66. The van der Waals surface area contributed by atoms with Crippen LogP contribution in [0.5, 0.6) is 5.75 Å². The van der Waals surface area contributed by atoms with Crippen LogP contribution in [-0.2, 0) is 13.0 Å². The molecule has 0 aliphatic rings. The zero-order valence-electron chi connectivity index (χ0n) is 9.97. The standard InChI is InChI=1S/C12H14ClN3O2/c1-8(14)5-9-10(13)3-2-4-11(9)17-6-12-15-7-18-16-12/h2-4,7-8H,5-6,14H2,1H3. The molecule has 2 rings (SSSR count). The third kappa shape index (κ3) is 3.21. The van der Waals surface area contributed by atoms with E-state index in [1.165, 1.54) is 6.39 Å². The molecule has 0 saturated carbocycles. The highest BCUT2D eigenvalue weighted by Gasteiger charge is 2.11. The maximum absolute atomic E-state index is 6.15. The second kappa shape index (κ2) is 5.84. The van der Waals surface area contributed by atoms with Crippen LogP contribution < -0.4 is 10.5 Å². The Kier molecular flexibility index (Phi) is 4.17. The molecule has 5 nitrogen and oxygen atoms in total. The van der Waals surface area contributed by atoms with E-state index in [1.54, 1.807) is 0 Å². The second-order valence-electron chi connectivity index (χ2n) is 4.03. The largest absolute Gasteiger partial charge is 0.485 e. The number of ether oxygens (including phenoxy) is 1. The van der Waals surface area contributed by atoms with Crippen molar-refractivity contribution < 1.29 is 9.26 Å². The van der Waals surface area contributed by atoms with Gasteiger partial charge in [-0.1, -0.05) is 22.8 Å². The van der Waals surface area contributed by atoms with Gasteiger partial charge in [0.15, 0.2) is 6.61 Å². The van der Waals surface area contributed by atoms with Gasteiger partial charge in [-0.25, -0.2) is 0 Å². The lowest BCUT2D eigenvalue weighted by Crippen LogP contribution is -2.18. The molecular weight excluding hydrogens is 254 g/mol. The summed E-state index contributed by atoms with van der Waals surface area (Å²) in [6.45, 7) is 2.16. The van der Waals surface area contributed by atoms with Gasteiger partial charge in [-0.15, -0.1) is 0 Å². The third-order valence-corrected chi connectivity index (χ3v) is 2.72. The van der Waals surface area contributed by atoms with Crippen molar-refractivity contribution in [2.24, 2.45) is 5.73 Å². The number of aromatic nitrogens is 2. The fourth-order valence-electron chi connectivity index (χ4n) is 1.59. The molecule has 0 fully saturated rings. The average molecular weight is 268 g/mol. The van der Waals surface area contributed by atoms with Crippen LogP contribution >= 0.6 is 11.6 Å². The van der Waals surface area contributed by atoms with E-state index in [9.17, 15) is 0 Å². The molecule has 0 aliphatic heterocycles. The van der Waals surface area contributed by atoms with Crippen molar-refractivity contribution in [3.8, 4) is 5.75 Å². The van der Waals surface area contributed by atoms with E-state index >= 15 is 0 Å². The number of rotatable bonds is 5. The van der Waals surface area contributed by atoms with Gasteiger partial charge in [-0.05, 0) is 25.5 Å². The lowest BCUT2D eigenvalue weighted by molar-refractivity contribution is 0.283. The minimum atomic E-state index is 0.0115. The van der Waals surface area contributed by atoms with E-state index in [0.717, 1.165) is 5.56 Å². The molecule has 2 N–H and O–H groups in total. The number of halogens is 1. The third-order valence-electron chi connectivity index (χ3n) is 2.37. The molecule has 1 aromatic carbocycles. The maximum Gasteiger partial charge on any atom is 0.213 e. The Balaban J connectivity index is 2.13. The molecule has 1 atom stereocenters. The van der Waals surface area contributed by atoms with Gasteiger partial charge in [0, 0.05) is 16.6 Å². The fraction of sp³-hybridized carbons (Fsp3) is 0.333. The summed E-state index contributed by atoms with van der Waals surface area (Å²) in [7, 11) is 0. The maximum atomic E-state index is 6.15. The van der Waals surface area contributed by atoms with Gasteiger partial charge in [0.25, 0.3) is 0 Å². The number of nitrogens with zero attached hydrogens (tertiary/aromatic N) is 2. The van der Waals surface area contributed by atoms with Crippen LogP contribution in [0.3, 0.4) is 0 Å². The number of nitrogens with two attached hydrogens (primary N) is 1. The number of hydrogen-bond acceptors (Lipinski definition) is 5. The van der Waals surface area contributed by atoms with Crippen molar-refractivity contribution in [1.29, 1.82) is 0 Å². The van der Waals surface area contributed by atoms with Crippen LogP contribution in [-0.4, -0.2) is 16.2 Å². The van der Waals surface area contributed by atoms with Gasteiger partial charge in [0.1, 0.15) is 5.75 Å². The highest BCUT2D eigenvalue weighted by atomic mass is 35.5. The van der Waals surface area contributed by atoms with Gasteiger partial charge in [-0.3, -0.25) is 0 Å². The second-order valence-corrected chi connectivity index (χ2v) is 4.44. The van der Waals surface area contributed by atoms with Crippen LogP contribution in [0.25, 0.3) is 0 Å². The summed E-state index contributed by atoms with van der Waals surface area (Å²) in [4.78, 5) is 3.88. The van der Waals surface area contributed by atoms with E-state index in [1.807, 2.05) is 25.1 Å². The molecular formula is C12H14ClN3O2. The summed E-state index contributed by atoms with van der Waals surface area (Å²) < 4.78 is 10.3. The highest BCUT2D eigenvalue weighted by Crippen LogP contribution is 2.28. The lowest BCUT2D eigenvalue weighted by atomic mass is 10.1. The topological polar surface area (TPSA) is 74.2 Å². The minimum Gasteiger partial charge on any atom is -0.485 e. The van der Waals surface area contributed by atoms with Crippen LogP contribution in [0, 0.1) is 0 Å². The fourth-order valence-corrected chi connectivity index (χ4v) is 1.84. The molecule has 0 bridgehead atoms. The van der Waals surface area contributed by atoms with E-state index in [0.29, 0.717) is 23.0 Å². The summed E-state index contributed by atoms with van der Waals surface area (Å²) in [5.41, 5.74) is 6.70. The molecule has 18 heavy (non-hydrogen) atoms. The van der Waals surface area contributed by atoms with Crippen LogP contribution in [0.4, 0.5) is 0 Å². The molecule has 0 saturated heterocycles. The summed E-state index contributed by atoms with van der Waals surface area (Å²) in [6.07, 6.45) is 1.92. The van der Waals surface area contributed by atoms with E-state index in [-0.39, 0.29) is 12.6 Å². The first kappa shape index (κ1) is 12.9. The summed E-state index contributed by atoms with van der Waals surface area (Å²) in [5.74, 6) is 1.19. The van der Waals surface area contributed by atoms with Crippen molar-refractivity contribution in [2.75, 3.05) is 0 Å². The lowest BCUT2D eigenvalue weighted by Gasteiger charge is -2.13. The summed E-state index contributed by atoms with van der Waals surface area (Å²) in [6, 6.07) is 5.51. The smallest absolute Gasteiger partial charge is 0.213 e. The number of benzene rings is 1. The Hall–Kier alpha value is -1.59. The zero-order valence-corrected chi connectivity index (χ0v) is 10.7. The normalized spacial score (nSPS) is 12.4. The van der Waals surface area contributed by atoms with Crippen molar-refractivity contribution >= 4 is 11.6 Å². The SMILES string of the molecule is CC(N)Cc1c(Cl)cccc1OCc1ncon1. The predicted octanol–water partition coefficient (Wildman–Crippen LogP) is 2.19. The van der Waals surface area contributed by atoms with Crippen molar-refractivity contribution in [3.05, 3.63) is 41.0 Å². The first-order valence-electron chi connectivity index (χ1n) is 5.58. The van der Waals surface area contributed by atoms with Gasteiger partial charge >= 0.3 is 0 Å². The first-order valence-corrected chi connectivity index (χ1v) is 5.95. The molecule has 2 aromatic rings. The quantitative estimate of drug-likeness (QED) is 0.899. The minimum absolute atomic E-state index is 0.0115. The molecule has 1 aromatic heterocycles. The molecule has 1 heterocycles. The Bertz CT molecular complexity index is 500. The van der Waals surface area contributed by atoms with Crippen molar-refractivity contribution in [1.82, 2.24) is 10.1 Å². The van der Waals surface area contributed by atoms with Gasteiger partial charge < -0.3 is 15.0 Å². The molecule has 0 amide bonds.